The van der Waals surface area contributed by atoms with Crippen LogP contribution in [-0.4, -0.2) is 16.2 Å². The van der Waals surface area contributed by atoms with Crippen LogP contribution in [-0.2, 0) is 0 Å². The molecule has 4 rings (SSSR count). The van der Waals surface area contributed by atoms with Crippen molar-refractivity contribution in [3.8, 4) is 11.5 Å². The van der Waals surface area contributed by atoms with Gasteiger partial charge in [-0.05, 0) is 42.7 Å². The minimum absolute atomic E-state index is 0.233. The van der Waals surface area contributed by atoms with Crippen LogP contribution in [0.1, 0.15) is 49.6 Å². The summed E-state index contributed by atoms with van der Waals surface area (Å²) in [6.45, 7) is 0. The lowest BCUT2D eigenvalue weighted by Crippen LogP contribution is -2.35. The van der Waals surface area contributed by atoms with E-state index in [1.54, 1.807) is 12.1 Å². The Morgan fingerprint density at radius 1 is 0.923 bits per heavy atom. The van der Waals surface area contributed by atoms with Gasteiger partial charge in [-0.15, -0.1) is 10.2 Å². The fraction of sp³-hybridized carbons (Fsp3) is 0.333. The highest BCUT2D eigenvalue weighted by Crippen LogP contribution is 2.28. The number of nitrogens with zero attached hydrogens (tertiary/aromatic N) is 2. The lowest BCUT2D eigenvalue weighted by Gasteiger charge is -2.27. The summed E-state index contributed by atoms with van der Waals surface area (Å²) in [6, 6.07) is 16.4. The summed E-state index contributed by atoms with van der Waals surface area (Å²) in [7, 11) is 0. The van der Waals surface area contributed by atoms with Crippen LogP contribution in [0.2, 0.25) is 0 Å². The maximum atomic E-state index is 13.4. The van der Waals surface area contributed by atoms with Gasteiger partial charge in [0.05, 0.1) is 0 Å². The average molecular weight is 351 g/mol. The van der Waals surface area contributed by atoms with Crippen LogP contribution in [0.25, 0.3) is 11.5 Å². The first-order chi connectivity index (χ1) is 12.8. The number of nitrogens with one attached hydrogen (secondary N) is 1. The monoisotopic (exact) mass is 351 g/mol. The molecule has 0 radical (unpaired) electrons. The van der Waals surface area contributed by atoms with Gasteiger partial charge in [0, 0.05) is 11.6 Å². The Morgan fingerprint density at radius 2 is 1.65 bits per heavy atom. The van der Waals surface area contributed by atoms with Crippen molar-refractivity contribution < 1.29 is 8.81 Å². The van der Waals surface area contributed by atoms with Crippen molar-refractivity contribution >= 4 is 0 Å². The Balaban J connectivity index is 1.63. The molecule has 1 aliphatic rings. The molecule has 0 aliphatic heterocycles. The van der Waals surface area contributed by atoms with Gasteiger partial charge >= 0.3 is 0 Å². The molecule has 1 heterocycles. The average Bonchev–Trinajstić information content (AvgIpc) is 3.18. The van der Waals surface area contributed by atoms with Gasteiger partial charge in [0.2, 0.25) is 11.8 Å². The highest BCUT2D eigenvalue weighted by atomic mass is 19.1. The van der Waals surface area contributed by atoms with Crippen LogP contribution in [0.4, 0.5) is 4.39 Å². The molecule has 1 saturated carbocycles. The van der Waals surface area contributed by atoms with E-state index in [0.717, 1.165) is 24.0 Å². The number of benzene rings is 2. The van der Waals surface area contributed by atoms with Crippen molar-refractivity contribution in [2.45, 2.75) is 44.2 Å². The standard InChI is InChI=1S/C21H22FN3O/c22-17-13-11-15(12-14-17)19(23-18-9-5-2-6-10-18)21-25-24-20(26-21)16-7-3-1-4-8-16/h1,3-4,7-8,11-14,18-19,23H,2,5-6,9-10H2/t19-/m1/s1. The largest absolute Gasteiger partial charge is 0.419 e. The van der Waals surface area contributed by atoms with E-state index in [1.807, 2.05) is 30.3 Å². The molecule has 0 bridgehead atoms. The molecule has 0 amide bonds. The van der Waals surface area contributed by atoms with E-state index in [-0.39, 0.29) is 11.9 Å². The lowest BCUT2D eigenvalue weighted by molar-refractivity contribution is 0.329. The number of aromatic nitrogens is 2. The minimum atomic E-state index is -0.249. The first kappa shape index (κ1) is 16.9. The van der Waals surface area contributed by atoms with E-state index in [1.165, 1.54) is 31.4 Å². The van der Waals surface area contributed by atoms with Crippen LogP contribution < -0.4 is 5.32 Å². The summed E-state index contributed by atoms with van der Waals surface area (Å²) < 4.78 is 19.3. The minimum Gasteiger partial charge on any atom is -0.419 e. The summed E-state index contributed by atoms with van der Waals surface area (Å²) in [4.78, 5) is 0. The van der Waals surface area contributed by atoms with Gasteiger partial charge in [-0.2, -0.15) is 0 Å². The Hall–Kier alpha value is -2.53. The molecule has 26 heavy (non-hydrogen) atoms. The van der Waals surface area contributed by atoms with E-state index in [4.69, 9.17) is 4.42 Å². The maximum absolute atomic E-state index is 13.4. The van der Waals surface area contributed by atoms with Gasteiger partial charge < -0.3 is 4.42 Å². The zero-order valence-corrected chi connectivity index (χ0v) is 14.6. The van der Waals surface area contributed by atoms with Crippen molar-refractivity contribution in [2.75, 3.05) is 0 Å². The van der Waals surface area contributed by atoms with Crippen LogP contribution in [0, 0.1) is 5.82 Å². The van der Waals surface area contributed by atoms with E-state index < -0.39 is 0 Å². The van der Waals surface area contributed by atoms with Crippen molar-refractivity contribution in [1.29, 1.82) is 0 Å². The molecule has 1 N–H and O–H groups in total. The topological polar surface area (TPSA) is 51.0 Å². The van der Waals surface area contributed by atoms with Crippen LogP contribution in [0.3, 0.4) is 0 Å². The molecular weight excluding hydrogens is 329 g/mol. The summed E-state index contributed by atoms with van der Waals surface area (Å²) >= 11 is 0. The van der Waals surface area contributed by atoms with Gasteiger partial charge in [-0.1, -0.05) is 49.6 Å². The molecule has 2 aromatic carbocycles. The molecule has 1 aromatic heterocycles. The highest BCUT2D eigenvalue weighted by Gasteiger charge is 2.25. The van der Waals surface area contributed by atoms with E-state index in [9.17, 15) is 4.39 Å². The number of halogens is 1. The molecule has 5 heteroatoms. The summed E-state index contributed by atoms with van der Waals surface area (Å²) in [5.41, 5.74) is 1.82. The van der Waals surface area contributed by atoms with Crippen molar-refractivity contribution in [1.82, 2.24) is 15.5 Å². The molecule has 1 fully saturated rings. The van der Waals surface area contributed by atoms with Gasteiger partial charge in [-0.25, -0.2) is 4.39 Å². The summed E-state index contributed by atoms with van der Waals surface area (Å²) in [5.74, 6) is 0.764. The van der Waals surface area contributed by atoms with Crippen LogP contribution >= 0.6 is 0 Å². The Morgan fingerprint density at radius 3 is 2.38 bits per heavy atom. The number of rotatable bonds is 5. The van der Waals surface area contributed by atoms with E-state index in [0.29, 0.717) is 17.8 Å². The van der Waals surface area contributed by atoms with Crippen LogP contribution in [0.5, 0.6) is 0 Å². The zero-order chi connectivity index (χ0) is 17.8. The van der Waals surface area contributed by atoms with Crippen molar-refractivity contribution in [3.63, 3.8) is 0 Å². The fourth-order valence-corrected chi connectivity index (χ4v) is 3.52. The molecule has 1 aliphatic carbocycles. The van der Waals surface area contributed by atoms with E-state index in [2.05, 4.69) is 15.5 Å². The first-order valence-electron chi connectivity index (χ1n) is 9.20. The van der Waals surface area contributed by atoms with Gasteiger partial charge in [0.15, 0.2) is 0 Å². The maximum Gasteiger partial charge on any atom is 0.247 e. The fourth-order valence-electron chi connectivity index (χ4n) is 3.52. The second-order valence-corrected chi connectivity index (χ2v) is 6.80. The van der Waals surface area contributed by atoms with Gasteiger partial charge in [-0.3, -0.25) is 5.32 Å². The third-order valence-electron chi connectivity index (χ3n) is 4.92. The SMILES string of the molecule is Fc1ccc([C@@H](NC2CCCCC2)c2nnc(-c3ccccc3)o2)cc1. The predicted octanol–water partition coefficient (Wildman–Crippen LogP) is 4.89. The lowest BCUT2D eigenvalue weighted by atomic mass is 9.94. The van der Waals surface area contributed by atoms with Crippen LogP contribution in [0.15, 0.2) is 59.0 Å². The molecule has 0 unspecified atom stereocenters. The molecular formula is C21H22FN3O. The smallest absolute Gasteiger partial charge is 0.247 e. The van der Waals surface area contributed by atoms with E-state index >= 15 is 0 Å². The zero-order valence-electron chi connectivity index (χ0n) is 14.6. The third kappa shape index (κ3) is 3.83. The molecule has 0 spiro atoms. The Labute approximate surface area is 152 Å². The van der Waals surface area contributed by atoms with Crippen molar-refractivity contribution in [2.24, 2.45) is 0 Å². The molecule has 0 saturated heterocycles. The molecule has 4 nitrogen and oxygen atoms in total. The first-order valence-corrected chi connectivity index (χ1v) is 9.20. The summed E-state index contributed by atoms with van der Waals surface area (Å²) in [5, 5.41) is 12.2. The quantitative estimate of drug-likeness (QED) is 0.711. The molecule has 3 aromatic rings. The van der Waals surface area contributed by atoms with Gasteiger partial charge in [0.25, 0.3) is 0 Å². The molecule has 134 valence electrons. The molecule has 1 atom stereocenters. The Kier molecular flexibility index (Phi) is 5.07. The second kappa shape index (κ2) is 7.79. The number of hydrogen-bond acceptors (Lipinski definition) is 4. The Bertz CT molecular complexity index is 826. The highest BCUT2D eigenvalue weighted by molar-refractivity contribution is 5.51. The number of hydrogen-bond donors (Lipinski definition) is 1. The second-order valence-electron chi connectivity index (χ2n) is 6.80. The van der Waals surface area contributed by atoms with Crippen molar-refractivity contribution in [3.05, 3.63) is 71.9 Å². The predicted molar refractivity (Wildman–Crippen MR) is 98.0 cm³/mol. The third-order valence-corrected chi connectivity index (χ3v) is 4.92. The normalized spacial score (nSPS) is 16.5. The van der Waals surface area contributed by atoms with Gasteiger partial charge in [0.1, 0.15) is 11.9 Å². The summed E-state index contributed by atoms with van der Waals surface area (Å²) in [6.07, 6.45) is 6.02.